The quantitative estimate of drug-likeness (QED) is 0.113. The average Bonchev–Trinajstić information content (AvgIpc) is 3.19. The van der Waals surface area contributed by atoms with Gasteiger partial charge in [-0.1, -0.05) is 6.08 Å². The van der Waals surface area contributed by atoms with Crippen LogP contribution in [-0.2, 0) is 23.9 Å². The van der Waals surface area contributed by atoms with E-state index in [2.05, 4.69) is 10.1 Å². The van der Waals surface area contributed by atoms with Crippen LogP contribution in [0.2, 0.25) is 0 Å². The molecule has 0 radical (unpaired) electrons. The number of carboxylic acid groups (broad SMARTS) is 1. The predicted molar refractivity (Wildman–Crippen MR) is 136 cm³/mol. The summed E-state index contributed by atoms with van der Waals surface area (Å²) in [6, 6.07) is -5.37. The van der Waals surface area contributed by atoms with Gasteiger partial charge in [-0.05, 0) is 19.4 Å². The molecule has 11 N–H and O–H groups in total. The summed E-state index contributed by atoms with van der Waals surface area (Å²) in [5.74, 6) is -3.80. The molecule has 2 saturated heterocycles. The summed E-state index contributed by atoms with van der Waals surface area (Å²) >= 11 is 0. The van der Waals surface area contributed by atoms with Gasteiger partial charge in [-0.15, -0.1) is 0 Å². The lowest BCUT2D eigenvalue weighted by Crippen LogP contribution is -2.67. The van der Waals surface area contributed by atoms with E-state index >= 15 is 0 Å². The highest BCUT2D eigenvalue weighted by Crippen LogP contribution is 2.33. The van der Waals surface area contributed by atoms with Gasteiger partial charge in [0.1, 0.15) is 49.2 Å². The lowest BCUT2D eigenvalue weighted by Gasteiger charge is -2.43. The highest BCUT2D eigenvalue weighted by Gasteiger charge is 2.53. The van der Waals surface area contributed by atoms with Crippen LogP contribution in [-0.4, -0.2) is 126 Å². The standard InChI is InChI=1S/C23H32N6O13/c1-3-8-5-28(12(8)21(37)38)19(36)11(26-18(35)10(24)13(31)9(30)6-41-22(25)39)16-14(32)15(33)20(42-16)29-4-7(2)17(34)27-23(29)40/h3-4,9-16,20,30-33H,5-6,24H2,1-2H3,(H2,25,39)(H,26,35)(H,37,38)(H,27,34,40)/b8-3+/t9-,10-,11-,12-,13+,14-,15+,16+,20+/m0/s1. The Kier molecular flexibility index (Phi) is 9.86. The first-order chi connectivity index (χ1) is 19.6. The van der Waals surface area contributed by atoms with E-state index in [1.165, 1.54) is 13.0 Å². The number of carbonyl (C=O) groups is 4. The number of aliphatic hydroxyl groups excluding tert-OH is 4. The topological polar surface area (TPSA) is 310 Å². The second kappa shape index (κ2) is 12.8. The number of hydrogen-bond acceptors (Lipinski definition) is 13. The number of hydrogen-bond donors (Lipinski definition) is 9. The molecule has 2 aliphatic heterocycles. The maximum Gasteiger partial charge on any atom is 0.404 e. The van der Waals surface area contributed by atoms with Gasteiger partial charge in [0.15, 0.2) is 12.3 Å². The van der Waals surface area contributed by atoms with Crippen LogP contribution in [0.4, 0.5) is 4.79 Å². The van der Waals surface area contributed by atoms with Crippen molar-refractivity contribution in [1.82, 2.24) is 19.8 Å². The third kappa shape index (κ3) is 6.35. The Bertz CT molecular complexity index is 1380. The molecule has 1 aromatic heterocycles. The molecule has 0 spiro atoms. The van der Waals surface area contributed by atoms with E-state index < -0.39 is 96.6 Å². The number of primary amides is 1. The summed E-state index contributed by atoms with van der Waals surface area (Å²) in [4.78, 5) is 76.2. The van der Waals surface area contributed by atoms with Crippen molar-refractivity contribution in [2.45, 2.75) is 68.7 Å². The van der Waals surface area contributed by atoms with Crippen molar-refractivity contribution in [3.8, 4) is 0 Å². The largest absolute Gasteiger partial charge is 0.479 e. The molecule has 19 heteroatoms. The van der Waals surface area contributed by atoms with E-state index in [4.69, 9.17) is 16.2 Å². The fraction of sp³-hybridized carbons (Fsp3) is 0.565. The van der Waals surface area contributed by atoms with Crippen molar-refractivity contribution < 1.29 is 54.2 Å². The molecule has 0 aromatic carbocycles. The Hall–Kier alpha value is -4.14. The Balaban J connectivity index is 1.94. The van der Waals surface area contributed by atoms with Crippen LogP contribution in [0.25, 0.3) is 0 Å². The number of nitrogens with two attached hydrogens (primary N) is 2. The molecule has 2 fully saturated rings. The van der Waals surface area contributed by atoms with Crippen molar-refractivity contribution in [2.75, 3.05) is 13.2 Å². The van der Waals surface area contributed by atoms with E-state index in [0.29, 0.717) is 5.57 Å². The zero-order valence-corrected chi connectivity index (χ0v) is 22.3. The molecule has 0 unspecified atom stereocenters. The van der Waals surface area contributed by atoms with Crippen LogP contribution < -0.4 is 28.0 Å². The fourth-order valence-corrected chi connectivity index (χ4v) is 4.55. The molecule has 0 saturated carbocycles. The van der Waals surface area contributed by atoms with Gasteiger partial charge in [-0.2, -0.15) is 0 Å². The van der Waals surface area contributed by atoms with Crippen LogP contribution in [0.5, 0.6) is 0 Å². The summed E-state index contributed by atoms with van der Waals surface area (Å²) in [5, 5.41) is 53.6. The number of likely N-dealkylation sites (tertiary alicyclic amines) is 1. The summed E-state index contributed by atoms with van der Waals surface area (Å²) in [7, 11) is 0. The van der Waals surface area contributed by atoms with Crippen LogP contribution >= 0.6 is 0 Å². The number of amides is 3. The number of H-pyrrole nitrogens is 1. The number of aliphatic hydroxyl groups is 4. The summed E-state index contributed by atoms with van der Waals surface area (Å²) in [5.41, 5.74) is 9.16. The van der Waals surface area contributed by atoms with E-state index in [0.717, 1.165) is 15.7 Å². The third-order valence-corrected chi connectivity index (χ3v) is 6.95. The third-order valence-electron chi connectivity index (χ3n) is 6.95. The van der Waals surface area contributed by atoms with E-state index in [1.807, 2.05) is 4.98 Å². The van der Waals surface area contributed by atoms with E-state index in [-0.39, 0.29) is 12.1 Å². The number of nitrogens with one attached hydrogen (secondary N) is 2. The number of rotatable bonds is 10. The average molecular weight is 601 g/mol. The first-order valence-electron chi connectivity index (χ1n) is 12.5. The molecule has 9 atom stereocenters. The number of nitrogens with zero attached hydrogens (tertiary/aromatic N) is 2. The molecule has 3 rings (SSSR count). The molecule has 3 amide bonds. The Labute approximate surface area is 235 Å². The minimum Gasteiger partial charge on any atom is -0.479 e. The number of allylic oxidation sites excluding steroid dienone is 1. The number of aromatic amines is 1. The second-order valence-corrected chi connectivity index (χ2v) is 9.72. The molecule has 0 bridgehead atoms. The van der Waals surface area contributed by atoms with Gasteiger partial charge in [0.2, 0.25) is 11.8 Å². The van der Waals surface area contributed by atoms with Gasteiger partial charge >= 0.3 is 17.8 Å². The maximum atomic E-state index is 13.6. The number of ether oxygens (including phenoxy) is 2. The number of aromatic nitrogens is 2. The molecule has 1 aromatic rings. The van der Waals surface area contributed by atoms with Gasteiger partial charge in [-0.3, -0.25) is 23.9 Å². The van der Waals surface area contributed by atoms with E-state index in [9.17, 15) is 54.3 Å². The van der Waals surface area contributed by atoms with Crippen molar-refractivity contribution in [2.24, 2.45) is 11.5 Å². The smallest absolute Gasteiger partial charge is 0.404 e. The lowest BCUT2D eigenvalue weighted by molar-refractivity contribution is -0.157. The van der Waals surface area contributed by atoms with Crippen LogP contribution in [0.1, 0.15) is 18.7 Å². The number of aliphatic carboxylic acids is 1. The minimum atomic E-state index is -2.07. The fourth-order valence-electron chi connectivity index (χ4n) is 4.55. The van der Waals surface area contributed by atoms with Gasteiger partial charge in [0, 0.05) is 18.3 Å². The number of carbonyl (C=O) groups excluding carboxylic acids is 3. The molecule has 0 aliphatic carbocycles. The first kappa shape index (κ1) is 32.4. The molecule has 19 nitrogen and oxygen atoms in total. The molecular formula is C23H32N6O13. The van der Waals surface area contributed by atoms with Crippen LogP contribution in [0, 0.1) is 6.92 Å². The summed E-state index contributed by atoms with van der Waals surface area (Å²) < 4.78 is 10.8. The summed E-state index contributed by atoms with van der Waals surface area (Å²) in [6.07, 6.45) is -10.1. The van der Waals surface area contributed by atoms with Crippen molar-refractivity contribution >= 4 is 23.9 Å². The monoisotopic (exact) mass is 600 g/mol. The maximum absolute atomic E-state index is 13.6. The highest BCUT2D eigenvalue weighted by molar-refractivity contribution is 5.95. The SMILES string of the molecule is C/C=C1\CN(C(=O)[C@@H](NC(=O)[C@@H](N)[C@H](O)[C@@H](O)COC(N)=O)[C@H]2O[C@@H](n3cc(C)c(=O)[nH]c3=O)[C@H](O)[C@@H]2O)[C@@H]1C(=O)O. The van der Waals surface area contributed by atoms with Gasteiger partial charge in [0.25, 0.3) is 5.56 Å². The van der Waals surface area contributed by atoms with Gasteiger partial charge < -0.3 is 56.7 Å². The van der Waals surface area contributed by atoms with Crippen LogP contribution in [0.3, 0.4) is 0 Å². The highest BCUT2D eigenvalue weighted by atomic mass is 16.6. The van der Waals surface area contributed by atoms with Crippen molar-refractivity contribution in [3.05, 3.63) is 44.2 Å². The second-order valence-electron chi connectivity index (χ2n) is 9.72. The van der Waals surface area contributed by atoms with E-state index in [1.54, 1.807) is 6.92 Å². The Morgan fingerprint density at radius 2 is 1.88 bits per heavy atom. The Morgan fingerprint density at radius 1 is 1.24 bits per heavy atom. The van der Waals surface area contributed by atoms with Crippen molar-refractivity contribution in [1.29, 1.82) is 0 Å². The van der Waals surface area contributed by atoms with Crippen molar-refractivity contribution in [3.63, 3.8) is 0 Å². The number of carboxylic acids is 1. The molecular weight excluding hydrogens is 568 g/mol. The molecule has 232 valence electrons. The minimum absolute atomic E-state index is 0.0341. The van der Waals surface area contributed by atoms with Gasteiger partial charge in [-0.25, -0.2) is 14.4 Å². The Morgan fingerprint density at radius 3 is 2.45 bits per heavy atom. The zero-order valence-electron chi connectivity index (χ0n) is 22.3. The molecule has 3 heterocycles. The molecule has 2 aliphatic rings. The zero-order chi connectivity index (χ0) is 31.6. The van der Waals surface area contributed by atoms with Crippen LogP contribution in [0.15, 0.2) is 27.4 Å². The predicted octanol–water partition coefficient (Wildman–Crippen LogP) is -5.66. The number of aryl methyl sites for hydroxylation is 1. The summed E-state index contributed by atoms with van der Waals surface area (Å²) in [6.45, 7) is 1.88. The lowest BCUT2D eigenvalue weighted by atomic mass is 9.92. The molecule has 42 heavy (non-hydrogen) atoms. The first-order valence-corrected chi connectivity index (χ1v) is 12.5. The normalized spacial score (nSPS) is 27.5. The van der Waals surface area contributed by atoms with Gasteiger partial charge in [0.05, 0.1) is 0 Å².